The van der Waals surface area contributed by atoms with Crippen molar-refractivity contribution in [2.75, 3.05) is 12.4 Å². The van der Waals surface area contributed by atoms with Crippen LogP contribution in [0.5, 0.6) is 0 Å². The van der Waals surface area contributed by atoms with Crippen LogP contribution >= 0.6 is 0 Å². The first-order valence-electron chi connectivity index (χ1n) is 5.95. The van der Waals surface area contributed by atoms with Crippen LogP contribution in [0.3, 0.4) is 0 Å². The average Bonchev–Trinajstić information content (AvgIpc) is 2.15. The van der Waals surface area contributed by atoms with Crippen LogP contribution in [0.25, 0.3) is 0 Å². The number of carbonyl (C=O) groups is 1. The lowest BCUT2D eigenvalue weighted by Gasteiger charge is -2.26. The minimum Gasteiger partial charge on any atom is -0.347 e. The molecule has 0 bridgehead atoms. The highest BCUT2D eigenvalue weighted by Crippen LogP contribution is 2.10. The topological polar surface area (TPSA) is 107 Å². The van der Waals surface area contributed by atoms with E-state index in [1.165, 1.54) is 0 Å². The summed E-state index contributed by atoms with van der Waals surface area (Å²) in [4.78, 5) is 11.5. The third-order valence-corrected chi connectivity index (χ3v) is 3.72. The molecule has 0 aliphatic rings. The van der Waals surface area contributed by atoms with Crippen molar-refractivity contribution in [2.45, 2.75) is 46.1 Å². The number of hydrogen-bond donors (Lipinski definition) is 2. The Kier molecular flexibility index (Phi) is 8.90. The molecule has 0 aromatic heterocycles. The van der Waals surface area contributed by atoms with E-state index >= 15 is 0 Å². The number of carbonyl (C=O) groups excluding carboxylic acids is 1. The molecule has 114 valence electrons. The maximum atomic E-state index is 11.5. The van der Waals surface area contributed by atoms with Gasteiger partial charge in [0.2, 0.25) is 5.91 Å². The van der Waals surface area contributed by atoms with Crippen LogP contribution in [0.2, 0.25) is 0 Å². The average molecular weight is 294 g/mol. The van der Waals surface area contributed by atoms with Crippen molar-refractivity contribution in [1.82, 2.24) is 11.5 Å². The van der Waals surface area contributed by atoms with E-state index in [2.05, 4.69) is 11.9 Å². The monoisotopic (exact) mass is 294 g/mol. The summed E-state index contributed by atoms with van der Waals surface area (Å²) in [7, 11) is -3.43. The smallest absolute Gasteiger partial charge is 0.267 e. The first-order valence-corrected chi connectivity index (χ1v) is 7.52. The molecule has 0 saturated carbocycles. The summed E-state index contributed by atoms with van der Waals surface area (Å²) in [5.41, 5.74) is -0.111. The Labute approximate surface area is 116 Å². The van der Waals surface area contributed by atoms with E-state index in [4.69, 9.17) is 4.18 Å². The van der Waals surface area contributed by atoms with Gasteiger partial charge < -0.3 is 11.5 Å². The highest BCUT2D eigenvalue weighted by atomic mass is 32.2. The third kappa shape index (κ3) is 9.63. The van der Waals surface area contributed by atoms with E-state index in [9.17, 15) is 13.2 Å². The Morgan fingerprint density at radius 3 is 2.32 bits per heavy atom. The van der Waals surface area contributed by atoms with E-state index in [1.54, 1.807) is 13.8 Å². The van der Waals surface area contributed by atoms with Gasteiger partial charge in [0.1, 0.15) is 0 Å². The van der Waals surface area contributed by atoms with Crippen molar-refractivity contribution >= 4 is 16.0 Å². The Balaban J connectivity index is 0. The van der Waals surface area contributed by atoms with Gasteiger partial charge in [-0.3, -0.25) is 8.98 Å². The molecule has 0 rings (SSSR count). The van der Waals surface area contributed by atoms with Gasteiger partial charge in [-0.2, -0.15) is 8.42 Å². The fraction of sp³-hybridized carbons (Fsp3) is 0.750. The number of nitrogens with one attached hydrogen (secondary N) is 1. The summed E-state index contributed by atoms with van der Waals surface area (Å²) in [6, 6.07) is 0. The van der Waals surface area contributed by atoms with E-state index in [1.807, 2.05) is 13.8 Å². The Bertz CT molecular complexity index is 402. The van der Waals surface area contributed by atoms with Gasteiger partial charge in [-0.05, 0) is 33.6 Å². The molecule has 0 heterocycles. The molecule has 0 fully saturated rings. The van der Waals surface area contributed by atoms with Crippen molar-refractivity contribution < 1.29 is 17.4 Å². The van der Waals surface area contributed by atoms with Crippen LogP contribution in [0, 0.1) is 0 Å². The second-order valence-electron chi connectivity index (χ2n) is 4.95. The molecule has 0 aliphatic carbocycles. The van der Waals surface area contributed by atoms with E-state index < -0.39 is 15.7 Å². The molecule has 1 amide bonds. The van der Waals surface area contributed by atoms with Gasteiger partial charge in [-0.25, -0.2) is 0 Å². The lowest BCUT2D eigenvalue weighted by Crippen LogP contribution is -2.44. The SMILES string of the molecule is C=C(C)C(=O)NC(C)(C)CCOS(=O)(=O)CCC.N. The second kappa shape index (κ2) is 8.29. The van der Waals surface area contributed by atoms with E-state index in [0.29, 0.717) is 18.4 Å². The molecule has 0 aromatic carbocycles. The van der Waals surface area contributed by atoms with Gasteiger partial charge in [-0.15, -0.1) is 0 Å². The zero-order valence-electron chi connectivity index (χ0n) is 12.3. The summed E-state index contributed by atoms with van der Waals surface area (Å²) < 4.78 is 27.5. The largest absolute Gasteiger partial charge is 0.347 e. The quantitative estimate of drug-likeness (QED) is 0.524. The molecule has 0 unspecified atom stereocenters. The molecule has 4 N–H and O–H groups in total. The standard InChI is InChI=1S/C12H23NO4S.H3N/c1-6-9-18(15,16)17-8-7-12(4,5)13-11(14)10(2)3;/h2,6-9H2,1,3-5H3,(H,13,14);1H3. The van der Waals surface area contributed by atoms with Gasteiger partial charge in [-0.1, -0.05) is 13.5 Å². The van der Waals surface area contributed by atoms with Crippen LogP contribution in [0.1, 0.15) is 40.5 Å². The van der Waals surface area contributed by atoms with Gasteiger partial charge >= 0.3 is 0 Å². The first kappa shape index (κ1) is 20.4. The Morgan fingerprint density at radius 2 is 1.89 bits per heavy atom. The van der Waals surface area contributed by atoms with Crippen LogP contribution < -0.4 is 11.5 Å². The highest BCUT2D eigenvalue weighted by Gasteiger charge is 2.21. The van der Waals surface area contributed by atoms with Gasteiger partial charge in [0, 0.05) is 11.1 Å². The molecule has 7 heteroatoms. The molecule has 19 heavy (non-hydrogen) atoms. The molecule has 0 radical (unpaired) electrons. The molecule has 6 nitrogen and oxygen atoms in total. The minimum absolute atomic E-state index is 0. The number of amides is 1. The zero-order valence-corrected chi connectivity index (χ0v) is 13.1. The first-order chi connectivity index (χ1) is 8.09. The molecular formula is C12H26N2O4S. The summed E-state index contributed by atoms with van der Waals surface area (Å²) in [5.74, 6) is -0.220. The lowest BCUT2D eigenvalue weighted by atomic mass is 10.0. The van der Waals surface area contributed by atoms with Crippen molar-refractivity contribution in [1.29, 1.82) is 0 Å². The molecule has 0 aromatic rings. The fourth-order valence-electron chi connectivity index (χ4n) is 1.21. The zero-order chi connectivity index (χ0) is 14.4. The van der Waals surface area contributed by atoms with Crippen molar-refractivity contribution in [3.8, 4) is 0 Å². The third-order valence-electron chi connectivity index (χ3n) is 2.28. The van der Waals surface area contributed by atoms with E-state index in [-0.39, 0.29) is 24.4 Å². The maximum absolute atomic E-state index is 11.5. The van der Waals surface area contributed by atoms with Gasteiger partial charge in [0.05, 0.1) is 12.4 Å². The van der Waals surface area contributed by atoms with Crippen molar-refractivity contribution in [3.63, 3.8) is 0 Å². The molecule has 0 aliphatic heterocycles. The predicted molar refractivity (Wildman–Crippen MR) is 76.7 cm³/mol. The van der Waals surface area contributed by atoms with Crippen molar-refractivity contribution in [3.05, 3.63) is 12.2 Å². The molecule has 0 atom stereocenters. The Hall–Kier alpha value is -0.920. The summed E-state index contributed by atoms with van der Waals surface area (Å²) >= 11 is 0. The predicted octanol–water partition coefficient (Wildman–Crippen LogP) is 1.77. The van der Waals surface area contributed by atoms with Crippen LogP contribution in [0.4, 0.5) is 0 Å². The Morgan fingerprint density at radius 1 is 1.37 bits per heavy atom. The fourth-order valence-corrected chi connectivity index (χ4v) is 2.16. The summed E-state index contributed by atoms with van der Waals surface area (Å²) in [5, 5.41) is 2.76. The highest BCUT2D eigenvalue weighted by molar-refractivity contribution is 7.86. The summed E-state index contributed by atoms with van der Waals surface area (Å²) in [6.45, 7) is 10.6. The van der Waals surface area contributed by atoms with Gasteiger partial charge in [0.15, 0.2) is 0 Å². The van der Waals surface area contributed by atoms with Gasteiger partial charge in [0.25, 0.3) is 10.1 Å². The van der Waals surface area contributed by atoms with E-state index in [0.717, 1.165) is 0 Å². The van der Waals surface area contributed by atoms with Crippen LogP contribution in [-0.2, 0) is 19.1 Å². The lowest BCUT2D eigenvalue weighted by molar-refractivity contribution is -0.119. The van der Waals surface area contributed by atoms with Crippen LogP contribution in [0.15, 0.2) is 12.2 Å². The molecule has 0 saturated heterocycles. The van der Waals surface area contributed by atoms with Crippen LogP contribution in [-0.4, -0.2) is 32.2 Å². The second-order valence-corrected chi connectivity index (χ2v) is 6.71. The molecular weight excluding hydrogens is 268 g/mol. The number of hydrogen-bond acceptors (Lipinski definition) is 5. The molecule has 0 spiro atoms. The number of rotatable bonds is 8. The normalized spacial score (nSPS) is 11.6. The minimum atomic E-state index is -3.43. The maximum Gasteiger partial charge on any atom is 0.267 e. The van der Waals surface area contributed by atoms with Crippen molar-refractivity contribution in [2.24, 2.45) is 0 Å². The summed E-state index contributed by atoms with van der Waals surface area (Å²) in [6.07, 6.45) is 0.938.